The van der Waals surface area contributed by atoms with Crippen molar-refractivity contribution in [2.24, 2.45) is 0 Å². The molecule has 1 aromatic heterocycles. The molecule has 2 N–H and O–H groups in total. The monoisotopic (exact) mass is 266 g/mol. The zero-order chi connectivity index (χ0) is 13.0. The number of hydrogen-bond donors (Lipinski definition) is 2. The number of hydrogen-bond acceptors (Lipinski definition) is 4. The van der Waals surface area contributed by atoms with Crippen LogP contribution in [0.3, 0.4) is 0 Å². The van der Waals surface area contributed by atoms with Crippen molar-refractivity contribution >= 4 is 17.3 Å². The summed E-state index contributed by atoms with van der Waals surface area (Å²) in [5.74, 6) is 0. The molecular formula is C11H11ClN4O2. The van der Waals surface area contributed by atoms with Gasteiger partial charge in [-0.2, -0.15) is 0 Å². The summed E-state index contributed by atoms with van der Waals surface area (Å²) < 4.78 is 0. The number of nitrogens with zero attached hydrogens (tertiary/aromatic N) is 2. The van der Waals surface area contributed by atoms with Crippen LogP contribution in [0.25, 0.3) is 0 Å². The third-order valence-corrected chi connectivity index (χ3v) is 2.79. The molecule has 0 aliphatic rings. The van der Waals surface area contributed by atoms with E-state index in [9.17, 15) is 10.1 Å². The van der Waals surface area contributed by atoms with E-state index in [2.05, 4.69) is 15.3 Å². The van der Waals surface area contributed by atoms with E-state index >= 15 is 0 Å². The smallest absolute Gasteiger partial charge is 0.269 e. The van der Waals surface area contributed by atoms with Crippen molar-refractivity contribution in [1.29, 1.82) is 0 Å². The first-order valence-corrected chi connectivity index (χ1v) is 5.65. The first-order chi connectivity index (χ1) is 8.66. The Labute approximate surface area is 108 Å². The maximum absolute atomic E-state index is 10.7. The highest BCUT2D eigenvalue weighted by Gasteiger charge is 2.09. The summed E-state index contributed by atoms with van der Waals surface area (Å²) in [6, 6.07) is 4.40. The van der Waals surface area contributed by atoms with Gasteiger partial charge in [-0.1, -0.05) is 11.6 Å². The minimum atomic E-state index is -0.436. The summed E-state index contributed by atoms with van der Waals surface area (Å²) in [4.78, 5) is 17.1. The maximum Gasteiger partial charge on any atom is 0.269 e. The summed E-state index contributed by atoms with van der Waals surface area (Å²) in [6.45, 7) is 1.05. The van der Waals surface area contributed by atoms with E-state index < -0.39 is 4.92 Å². The van der Waals surface area contributed by atoms with Crippen molar-refractivity contribution in [1.82, 2.24) is 15.3 Å². The number of nitro benzene ring substituents is 1. The van der Waals surface area contributed by atoms with Crippen molar-refractivity contribution < 1.29 is 4.92 Å². The minimum absolute atomic E-state index is 0.0396. The van der Waals surface area contributed by atoms with Gasteiger partial charge in [-0.3, -0.25) is 10.1 Å². The van der Waals surface area contributed by atoms with Gasteiger partial charge < -0.3 is 10.3 Å². The first-order valence-electron chi connectivity index (χ1n) is 5.27. The lowest BCUT2D eigenvalue weighted by atomic mass is 10.2. The molecule has 0 saturated heterocycles. The van der Waals surface area contributed by atoms with Crippen molar-refractivity contribution in [3.8, 4) is 0 Å². The lowest BCUT2D eigenvalue weighted by molar-refractivity contribution is -0.384. The number of aromatic amines is 1. The van der Waals surface area contributed by atoms with Gasteiger partial charge in [-0.05, 0) is 11.6 Å². The lowest BCUT2D eigenvalue weighted by Gasteiger charge is -2.05. The second kappa shape index (κ2) is 5.61. The summed E-state index contributed by atoms with van der Waals surface area (Å²) >= 11 is 5.98. The van der Waals surface area contributed by atoms with Crippen LogP contribution in [-0.4, -0.2) is 14.9 Å². The molecule has 2 aromatic rings. The van der Waals surface area contributed by atoms with Crippen LogP contribution in [0.2, 0.25) is 5.02 Å². The summed E-state index contributed by atoms with van der Waals surface area (Å²) in [7, 11) is 0. The predicted octanol–water partition coefficient (Wildman–Crippen LogP) is 2.26. The Balaban J connectivity index is 2.00. The summed E-state index contributed by atoms with van der Waals surface area (Å²) in [6.07, 6.45) is 3.30. The van der Waals surface area contributed by atoms with Crippen LogP contribution >= 0.6 is 11.6 Å². The van der Waals surface area contributed by atoms with Gasteiger partial charge in [0.2, 0.25) is 0 Å². The Morgan fingerprint density at radius 3 is 2.94 bits per heavy atom. The first kappa shape index (κ1) is 12.5. The highest BCUT2D eigenvalue weighted by Crippen LogP contribution is 2.21. The van der Waals surface area contributed by atoms with Crippen LogP contribution in [0.5, 0.6) is 0 Å². The molecule has 0 spiro atoms. The molecule has 1 heterocycles. The van der Waals surface area contributed by atoms with Crippen LogP contribution < -0.4 is 5.32 Å². The molecule has 7 heteroatoms. The largest absolute Gasteiger partial charge is 0.347 e. The van der Waals surface area contributed by atoms with Crippen molar-refractivity contribution in [2.45, 2.75) is 13.1 Å². The van der Waals surface area contributed by atoms with Gasteiger partial charge in [0.1, 0.15) is 0 Å². The topological polar surface area (TPSA) is 83.8 Å². The van der Waals surface area contributed by atoms with E-state index in [-0.39, 0.29) is 5.69 Å². The van der Waals surface area contributed by atoms with Crippen molar-refractivity contribution in [2.75, 3.05) is 0 Å². The molecule has 0 unspecified atom stereocenters. The van der Waals surface area contributed by atoms with Crippen molar-refractivity contribution in [3.63, 3.8) is 0 Å². The van der Waals surface area contributed by atoms with E-state index in [1.54, 1.807) is 12.5 Å². The van der Waals surface area contributed by atoms with Gasteiger partial charge in [0.25, 0.3) is 5.69 Å². The second-order valence-electron chi connectivity index (χ2n) is 3.71. The fourth-order valence-electron chi connectivity index (χ4n) is 1.52. The van der Waals surface area contributed by atoms with Gasteiger partial charge in [0.05, 0.1) is 11.3 Å². The number of nitro groups is 1. The van der Waals surface area contributed by atoms with Crippen LogP contribution in [-0.2, 0) is 13.1 Å². The minimum Gasteiger partial charge on any atom is -0.347 e. The number of imidazole rings is 1. The standard InChI is InChI=1S/C11H11ClN4O2/c12-11-2-1-10(16(17)18)3-8(11)4-13-5-9-6-14-7-15-9/h1-3,6-7,13H,4-5H2,(H,14,15). The maximum atomic E-state index is 10.7. The number of non-ortho nitro benzene ring substituents is 1. The van der Waals surface area contributed by atoms with Crippen LogP contribution in [0.1, 0.15) is 11.3 Å². The average Bonchev–Trinajstić information content (AvgIpc) is 2.84. The Morgan fingerprint density at radius 1 is 1.44 bits per heavy atom. The Bertz CT molecular complexity index is 542. The van der Waals surface area contributed by atoms with E-state index in [1.165, 1.54) is 18.2 Å². The van der Waals surface area contributed by atoms with Gasteiger partial charge >= 0.3 is 0 Å². The van der Waals surface area contributed by atoms with Gasteiger partial charge in [0, 0.05) is 42.1 Å². The zero-order valence-corrected chi connectivity index (χ0v) is 10.1. The molecule has 1 aromatic carbocycles. The fraction of sp³-hybridized carbons (Fsp3) is 0.182. The molecule has 0 aliphatic heterocycles. The van der Waals surface area contributed by atoms with Crippen LogP contribution in [0, 0.1) is 10.1 Å². The van der Waals surface area contributed by atoms with Gasteiger partial charge in [-0.25, -0.2) is 4.98 Å². The molecule has 0 radical (unpaired) electrons. The van der Waals surface area contributed by atoms with E-state index in [0.717, 1.165) is 5.69 Å². The van der Waals surface area contributed by atoms with Crippen LogP contribution in [0.15, 0.2) is 30.7 Å². The van der Waals surface area contributed by atoms with Crippen LogP contribution in [0.4, 0.5) is 5.69 Å². The average molecular weight is 267 g/mol. The molecule has 2 rings (SSSR count). The normalized spacial score (nSPS) is 10.5. The predicted molar refractivity (Wildman–Crippen MR) is 67.2 cm³/mol. The van der Waals surface area contributed by atoms with Crippen molar-refractivity contribution in [3.05, 3.63) is 57.1 Å². The quantitative estimate of drug-likeness (QED) is 0.642. The number of aromatic nitrogens is 2. The molecule has 0 bridgehead atoms. The third-order valence-electron chi connectivity index (χ3n) is 2.43. The van der Waals surface area contributed by atoms with E-state index in [1.807, 2.05) is 0 Å². The zero-order valence-electron chi connectivity index (χ0n) is 9.39. The molecule has 0 fully saturated rings. The number of benzene rings is 1. The Morgan fingerprint density at radius 2 is 2.28 bits per heavy atom. The molecule has 0 saturated carbocycles. The lowest BCUT2D eigenvalue weighted by Crippen LogP contribution is -2.13. The molecule has 0 amide bonds. The van der Waals surface area contributed by atoms with Gasteiger partial charge in [-0.15, -0.1) is 0 Å². The summed E-state index contributed by atoms with van der Waals surface area (Å²) in [5, 5.41) is 14.3. The number of nitrogens with one attached hydrogen (secondary N) is 2. The molecule has 6 nitrogen and oxygen atoms in total. The SMILES string of the molecule is O=[N+]([O-])c1ccc(Cl)c(CNCc2cnc[nH]2)c1. The molecular weight excluding hydrogens is 256 g/mol. The molecule has 0 atom stereocenters. The molecule has 0 aliphatic carbocycles. The third kappa shape index (κ3) is 3.06. The Hall–Kier alpha value is -1.92. The highest BCUT2D eigenvalue weighted by atomic mass is 35.5. The number of H-pyrrole nitrogens is 1. The number of halogens is 1. The number of rotatable bonds is 5. The van der Waals surface area contributed by atoms with E-state index in [0.29, 0.717) is 23.7 Å². The Kier molecular flexibility index (Phi) is 3.91. The highest BCUT2D eigenvalue weighted by molar-refractivity contribution is 6.31. The second-order valence-corrected chi connectivity index (χ2v) is 4.12. The fourth-order valence-corrected chi connectivity index (χ4v) is 1.71. The molecule has 94 valence electrons. The van der Waals surface area contributed by atoms with Gasteiger partial charge in [0.15, 0.2) is 0 Å². The summed E-state index contributed by atoms with van der Waals surface area (Å²) in [5.41, 5.74) is 1.68. The molecule has 18 heavy (non-hydrogen) atoms. The van der Waals surface area contributed by atoms with E-state index in [4.69, 9.17) is 11.6 Å².